The molecule has 0 amide bonds. The minimum atomic E-state index is -4.52. The molecule has 2 unspecified atom stereocenters. The van der Waals surface area contributed by atoms with E-state index in [0.717, 1.165) is 12.3 Å². The van der Waals surface area contributed by atoms with Crippen molar-refractivity contribution in [2.45, 2.75) is 25.3 Å². The average molecular weight is 291 g/mol. The van der Waals surface area contributed by atoms with E-state index in [4.69, 9.17) is 15.6 Å². The number of pyridine rings is 1. The fraction of sp³-hybridized carbons (Fsp3) is 0.583. The number of aliphatic hydroxyl groups excluding tert-OH is 1. The lowest BCUT2D eigenvalue weighted by Crippen LogP contribution is -2.48. The second-order valence-electron chi connectivity index (χ2n) is 4.78. The third-order valence-electron chi connectivity index (χ3n) is 3.07. The average Bonchev–Trinajstić information content (AvgIpc) is 2.37. The van der Waals surface area contributed by atoms with Gasteiger partial charge in [-0.05, 0) is 13.0 Å². The van der Waals surface area contributed by atoms with Crippen LogP contribution < -0.4 is 10.6 Å². The number of hydrogen-bond acceptors (Lipinski definition) is 5. The summed E-state index contributed by atoms with van der Waals surface area (Å²) in [5, 5.41) is 9.15. The maximum atomic E-state index is 12.7. The number of anilines is 2. The van der Waals surface area contributed by atoms with Crippen LogP contribution >= 0.6 is 0 Å². The van der Waals surface area contributed by atoms with Crippen molar-refractivity contribution in [3.05, 3.63) is 18.0 Å². The number of rotatable bonds is 2. The van der Waals surface area contributed by atoms with E-state index in [1.54, 1.807) is 11.8 Å². The lowest BCUT2D eigenvalue weighted by atomic mass is 10.1. The third-order valence-corrected chi connectivity index (χ3v) is 3.07. The number of nitrogens with two attached hydrogens (primary N) is 1. The fourth-order valence-corrected chi connectivity index (χ4v) is 2.23. The minimum absolute atomic E-state index is 0.170. The van der Waals surface area contributed by atoms with Crippen molar-refractivity contribution in [3.63, 3.8) is 0 Å². The zero-order valence-electron chi connectivity index (χ0n) is 10.9. The van der Waals surface area contributed by atoms with Gasteiger partial charge in [-0.3, -0.25) is 0 Å². The van der Waals surface area contributed by atoms with Crippen LogP contribution in [0.4, 0.5) is 24.5 Å². The molecule has 0 saturated carbocycles. The van der Waals surface area contributed by atoms with Gasteiger partial charge in [0.15, 0.2) is 0 Å². The minimum Gasteiger partial charge on any atom is -0.396 e. The highest BCUT2D eigenvalue weighted by Gasteiger charge is 2.34. The standard InChI is InChI=1S/C12H16F3N3O2/c1-7-4-18(5-8(6-19)20-7)10-2-11(12(13,14)15)17-3-9(10)16/h2-3,7-8,19H,4-6,16H2,1H3. The quantitative estimate of drug-likeness (QED) is 0.858. The highest BCUT2D eigenvalue weighted by molar-refractivity contribution is 5.67. The molecule has 1 saturated heterocycles. The normalized spacial score (nSPS) is 23.9. The summed E-state index contributed by atoms with van der Waals surface area (Å²) in [5.41, 5.74) is 5.17. The Morgan fingerprint density at radius 1 is 1.50 bits per heavy atom. The Labute approximate surface area is 114 Å². The molecule has 1 aromatic rings. The number of halogens is 3. The summed E-state index contributed by atoms with van der Waals surface area (Å²) in [6.07, 6.45) is -4.16. The third kappa shape index (κ3) is 3.13. The molecule has 1 aliphatic rings. The second kappa shape index (κ2) is 5.45. The number of aliphatic hydroxyl groups is 1. The molecular formula is C12H16F3N3O2. The number of nitrogens with zero attached hydrogens (tertiary/aromatic N) is 2. The van der Waals surface area contributed by atoms with Crippen LogP contribution in [-0.2, 0) is 10.9 Å². The van der Waals surface area contributed by atoms with Gasteiger partial charge in [0, 0.05) is 13.1 Å². The van der Waals surface area contributed by atoms with Crippen LogP contribution in [-0.4, -0.2) is 42.0 Å². The molecule has 8 heteroatoms. The van der Waals surface area contributed by atoms with Crippen molar-refractivity contribution in [2.24, 2.45) is 0 Å². The summed E-state index contributed by atoms with van der Waals surface area (Å²) in [6.45, 7) is 2.28. The van der Waals surface area contributed by atoms with E-state index in [2.05, 4.69) is 4.98 Å². The van der Waals surface area contributed by atoms with E-state index in [9.17, 15) is 13.2 Å². The molecule has 3 N–H and O–H groups in total. The smallest absolute Gasteiger partial charge is 0.396 e. The van der Waals surface area contributed by atoms with Gasteiger partial charge in [-0.1, -0.05) is 0 Å². The molecule has 2 heterocycles. The lowest BCUT2D eigenvalue weighted by Gasteiger charge is -2.38. The monoisotopic (exact) mass is 291 g/mol. The Hall–Kier alpha value is -1.54. The van der Waals surface area contributed by atoms with E-state index in [-0.39, 0.29) is 30.6 Å². The molecule has 2 rings (SSSR count). The highest BCUT2D eigenvalue weighted by atomic mass is 19.4. The summed E-state index contributed by atoms with van der Waals surface area (Å²) < 4.78 is 43.6. The van der Waals surface area contributed by atoms with Gasteiger partial charge >= 0.3 is 6.18 Å². The second-order valence-corrected chi connectivity index (χ2v) is 4.78. The molecule has 20 heavy (non-hydrogen) atoms. The first-order valence-corrected chi connectivity index (χ1v) is 6.15. The van der Waals surface area contributed by atoms with Crippen LogP contribution in [0.3, 0.4) is 0 Å². The van der Waals surface area contributed by atoms with Gasteiger partial charge in [-0.15, -0.1) is 0 Å². The molecule has 0 radical (unpaired) electrons. The van der Waals surface area contributed by atoms with Crippen molar-refractivity contribution in [2.75, 3.05) is 30.3 Å². The Morgan fingerprint density at radius 3 is 2.80 bits per heavy atom. The van der Waals surface area contributed by atoms with Crippen molar-refractivity contribution in [1.82, 2.24) is 4.98 Å². The van der Waals surface area contributed by atoms with E-state index in [0.29, 0.717) is 6.54 Å². The Kier molecular flexibility index (Phi) is 4.05. The number of alkyl halides is 3. The largest absolute Gasteiger partial charge is 0.433 e. The van der Waals surface area contributed by atoms with Crippen LogP contribution in [0, 0.1) is 0 Å². The molecule has 5 nitrogen and oxygen atoms in total. The SMILES string of the molecule is CC1CN(c2cc(C(F)(F)F)ncc2N)CC(CO)O1. The number of ether oxygens (including phenoxy) is 1. The van der Waals surface area contributed by atoms with E-state index < -0.39 is 18.0 Å². The zero-order chi connectivity index (χ0) is 14.9. The highest BCUT2D eigenvalue weighted by Crippen LogP contribution is 2.33. The summed E-state index contributed by atoms with van der Waals surface area (Å²) in [4.78, 5) is 4.99. The van der Waals surface area contributed by atoms with Gasteiger partial charge in [-0.2, -0.15) is 13.2 Å². The molecule has 1 aromatic heterocycles. The number of nitrogen functional groups attached to an aromatic ring is 1. The molecule has 2 atom stereocenters. The van der Waals surface area contributed by atoms with Crippen LogP contribution in [0.25, 0.3) is 0 Å². The van der Waals surface area contributed by atoms with Crippen molar-refractivity contribution in [3.8, 4) is 0 Å². The predicted octanol–water partition coefficient (Wildman–Crippen LogP) is 1.27. The van der Waals surface area contributed by atoms with Crippen molar-refractivity contribution in [1.29, 1.82) is 0 Å². The summed E-state index contributed by atoms with van der Waals surface area (Å²) in [7, 11) is 0. The summed E-state index contributed by atoms with van der Waals surface area (Å²) >= 11 is 0. The lowest BCUT2D eigenvalue weighted by molar-refractivity contribution is -0.141. The molecule has 1 aliphatic heterocycles. The molecule has 0 aromatic carbocycles. The van der Waals surface area contributed by atoms with Crippen molar-refractivity contribution >= 4 is 11.4 Å². The maximum absolute atomic E-state index is 12.7. The number of aromatic nitrogens is 1. The Bertz CT molecular complexity index is 482. The first-order valence-electron chi connectivity index (χ1n) is 6.15. The van der Waals surface area contributed by atoms with E-state index >= 15 is 0 Å². The summed E-state index contributed by atoms with van der Waals surface area (Å²) in [6, 6.07) is 0.932. The fourth-order valence-electron chi connectivity index (χ4n) is 2.23. The first kappa shape index (κ1) is 14.9. The zero-order valence-corrected chi connectivity index (χ0v) is 10.9. The number of morpholine rings is 1. The van der Waals surface area contributed by atoms with Crippen LogP contribution in [0.1, 0.15) is 12.6 Å². The van der Waals surface area contributed by atoms with Crippen molar-refractivity contribution < 1.29 is 23.0 Å². The number of hydrogen-bond donors (Lipinski definition) is 2. The summed E-state index contributed by atoms with van der Waals surface area (Å²) in [5.74, 6) is 0. The molecular weight excluding hydrogens is 275 g/mol. The first-order chi connectivity index (χ1) is 9.31. The molecule has 112 valence electrons. The predicted molar refractivity (Wildman–Crippen MR) is 67.3 cm³/mol. The van der Waals surface area contributed by atoms with Gasteiger partial charge in [0.2, 0.25) is 0 Å². The molecule has 0 aliphatic carbocycles. The molecule has 0 bridgehead atoms. The molecule has 1 fully saturated rings. The van der Waals surface area contributed by atoms with Gasteiger partial charge in [0.05, 0.1) is 36.4 Å². The van der Waals surface area contributed by atoms with Crippen LogP contribution in [0.2, 0.25) is 0 Å². The van der Waals surface area contributed by atoms with Gasteiger partial charge < -0.3 is 20.5 Å². The topological polar surface area (TPSA) is 71.6 Å². The Balaban J connectivity index is 2.31. The van der Waals surface area contributed by atoms with E-state index in [1.807, 2.05) is 0 Å². The Morgan fingerprint density at radius 2 is 2.20 bits per heavy atom. The van der Waals surface area contributed by atoms with Gasteiger partial charge in [0.1, 0.15) is 5.69 Å². The van der Waals surface area contributed by atoms with Crippen LogP contribution in [0.5, 0.6) is 0 Å². The van der Waals surface area contributed by atoms with Crippen LogP contribution in [0.15, 0.2) is 12.3 Å². The van der Waals surface area contributed by atoms with Gasteiger partial charge in [0.25, 0.3) is 0 Å². The van der Waals surface area contributed by atoms with Gasteiger partial charge in [-0.25, -0.2) is 4.98 Å². The maximum Gasteiger partial charge on any atom is 0.433 e. The molecule has 0 spiro atoms. The van der Waals surface area contributed by atoms with E-state index in [1.165, 1.54) is 0 Å².